The van der Waals surface area contributed by atoms with Crippen LogP contribution in [-0.4, -0.2) is 11.1 Å². The van der Waals surface area contributed by atoms with Crippen molar-refractivity contribution < 1.29 is 9.90 Å². The number of carboxylic acids is 1. The molecule has 104 valence electrons. The van der Waals surface area contributed by atoms with Gasteiger partial charge in [-0.15, -0.1) is 0 Å². The van der Waals surface area contributed by atoms with Crippen LogP contribution in [0.4, 0.5) is 5.69 Å². The Kier molecular flexibility index (Phi) is 4.53. The van der Waals surface area contributed by atoms with Gasteiger partial charge in [0, 0.05) is 0 Å². The van der Waals surface area contributed by atoms with Crippen LogP contribution in [-0.2, 0) is 4.79 Å². The van der Waals surface area contributed by atoms with Gasteiger partial charge in [-0.05, 0) is 24.1 Å². The smallest absolute Gasteiger partial charge is 0.330 e. The topological polar surface area (TPSA) is 49.3 Å². The third-order valence-electron chi connectivity index (χ3n) is 2.95. The van der Waals surface area contributed by atoms with Gasteiger partial charge in [-0.1, -0.05) is 59.6 Å². The lowest BCUT2D eigenvalue weighted by molar-refractivity contribution is -0.138. The van der Waals surface area contributed by atoms with E-state index in [1.54, 1.807) is 36.4 Å². The Labute approximate surface area is 127 Å². The number of anilines is 1. The number of aliphatic carboxylic acids is 1. The number of carboxylic acid groups (broad SMARTS) is 1. The van der Waals surface area contributed by atoms with Crippen LogP contribution in [0.15, 0.2) is 42.5 Å². The van der Waals surface area contributed by atoms with Crippen LogP contribution in [0, 0.1) is 6.92 Å². The van der Waals surface area contributed by atoms with E-state index in [-0.39, 0.29) is 0 Å². The van der Waals surface area contributed by atoms with E-state index in [4.69, 9.17) is 23.2 Å². The highest BCUT2D eigenvalue weighted by atomic mass is 35.5. The Bertz CT molecular complexity index is 629. The van der Waals surface area contributed by atoms with Gasteiger partial charge < -0.3 is 10.4 Å². The first-order valence-electron chi connectivity index (χ1n) is 5.99. The molecule has 2 aromatic rings. The van der Waals surface area contributed by atoms with Gasteiger partial charge in [0.2, 0.25) is 0 Å². The lowest BCUT2D eigenvalue weighted by Gasteiger charge is -2.19. The highest BCUT2D eigenvalue weighted by molar-refractivity contribution is 6.39. The third-order valence-corrected chi connectivity index (χ3v) is 3.75. The summed E-state index contributed by atoms with van der Waals surface area (Å²) < 4.78 is 0. The minimum Gasteiger partial charge on any atom is -0.479 e. The summed E-state index contributed by atoms with van der Waals surface area (Å²) in [6.45, 7) is 1.84. The summed E-state index contributed by atoms with van der Waals surface area (Å²) in [5.41, 5.74) is 1.90. The van der Waals surface area contributed by atoms with Crippen LogP contribution < -0.4 is 5.32 Å². The molecule has 2 N–H and O–H groups in total. The Morgan fingerprint density at radius 3 is 2.40 bits per heavy atom. The average molecular weight is 310 g/mol. The van der Waals surface area contributed by atoms with Gasteiger partial charge in [0.05, 0.1) is 15.7 Å². The van der Waals surface area contributed by atoms with E-state index in [0.717, 1.165) is 5.56 Å². The Hall–Kier alpha value is -1.71. The van der Waals surface area contributed by atoms with Crippen LogP contribution in [0.1, 0.15) is 17.2 Å². The summed E-state index contributed by atoms with van der Waals surface area (Å²) >= 11 is 12.3. The molecule has 0 aliphatic rings. The molecule has 0 aliphatic heterocycles. The Balaban J connectivity index is 2.40. The maximum absolute atomic E-state index is 11.5. The second-order valence-corrected chi connectivity index (χ2v) is 5.16. The number of hydrogen-bond donors (Lipinski definition) is 2. The fourth-order valence-corrected chi connectivity index (χ4v) is 2.35. The highest BCUT2D eigenvalue weighted by Gasteiger charge is 2.22. The highest BCUT2D eigenvalue weighted by Crippen LogP contribution is 2.35. The maximum Gasteiger partial charge on any atom is 0.330 e. The number of nitrogens with one attached hydrogen (secondary N) is 1. The van der Waals surface area contributed by atoms with Crippen LogP contribution >= 0.6 is 23.2 Å². The summed E-state index contributed by atoms with van der Waals surface area (Å²) in [7, 11) is 0. The van der Waals surface area contributed by atoms with Crippen LogP contribution in [0.2, 0.25) is 10.0 Å². The van der Waals surface area contributed by atoms with E-state index < -0.39 is 12.0 Å². The van der Waals surface area contributed by atoms with E-state index in [2.05, 4.69) is 5.32 Å². The predicted molar refractivity (Wildman–Crippen MR) is 81.6 cm³/mol. The SMILES string of the molecule is Cc1ccc(Cl)c(NC(C(=O)O)c2ccccc2)c1Cl. The first-order chi connectivity index (χ1) is 9.50. The third kappa shape index (κ3) is 3.06. The molecule has 0 fully saturated rings. The van der Waals surface area contributed by atoms with Crippen molar-refractivity contribution in [3.63, 3.8) is 0 Å². The predicted octanol–water partition coefficient (Wildman–Crippen LogP) is 4.54. The molecule has 0 amide bonds. The standard InChI is InChI=1S/C15H13Cl2NO2/c1-9-7-8-11(16)14(12(9)17)18-13(15(19)20)10-5-3-2-4-6-10/h2-8,13,18H,1H3,(H,19,20). The van der Waals surface area contributed by atoms with E-state index in [0.29, 0.717) is 21.3 Å². The molecule has 2 rings (SSSR count). The number of aryl methyl sites for hydroxylation is 1. The molecular weight excluding hydrogens is 297 g/mol. The molecule has 0 saturated carbocycles. The van der Waals surface area contributed by atoms with Gasteiger partial charge in [0.15, 0.2) is 6.04 Å². The van der Waals surface area contributed by atoms with Crippen molar-refractivity contribution in [3.05, 3.63) is 63.6 Å². The van der Waals surface area contributed by atoms with Gasteiger partial charge >= 0.3 is 5.97 Å². The normalized spacial score (nSPS) is 11.9. The molecule has 0 aromatic heterocycles. The number of rotatable bonds is 4. The summed E-state index contributed by atoms with van der Waals surface area (Å²) in [6.07, 6.45) is 0. The molecule has 20 heavy (non-hydrogen) atoms. The number of carbonyl (C=O) groups is 1. The van der Waals surface area contributed by atoms with E-state index in [9.17, 15) is 9.90 Å². The largest absolute Gasteiger partial charge is 0.479 e. The first kappa shape index (κ1) is 14.7. The number of halogens is 2. The van der Waals surface area contributed by atoms with Crippen molar-refractivity contribution in [2.24, 2.45) is 0 Å². The van der Waals surface area contributed by atoms with Crippen molar-refractivity contribution >= 4 is 34.9 Å². The van der Waals surface area contributed by atoms with Crippen LogP contribution in [0.5, 0.6) is 0 Å². The maximum atomic E-state index is 11.5. The van der Waals surface area contributed by atoms with E-state index in [1.807, 2.05) is 13.0 Å². The summed E-state index contributed by atoms with van der Waals surface area (Å²) in [6, 6.07) is 11.4. The zero-order chi connectivity index (χ0) is 14.7. The number of hydrogen-bond acceptors (Lipinski definition) is 2. The van der Waals surface area contributed by atoms with Crippen molar-refractivity contribution in [2.45, 2.75) is 13.0 Å². The lowest BCUT2D eigenvalue weighted by atomic mass is 10.1. The fraction of sp³-hybridized carbons (Fsp3) is 0.133. The lowest BCUT2D eigenvalue weighted by Crippen LogP contribution is -2.20. The monoisotopic (exact) mass is 309 g/mol. The second kappa shape index (κ2) is 6.16. The van der Waals surface area contributed by atoms with Gasteiger partial charge in [0.1, 0.15) is 0 Å². The van der Waals surface area contributed by atoms with Crippen molar-refractivity contribution in [1.29, 1.82) is 0 Å². The van der Waals surface area contributed by atoms with Gasteiger partial charge in [-0.3, -0.25) is 0 Å². The molecule has 0 bridgehead atoms. The zero-order valence-corrected chi connectivity index (χ0v) is 12.2. The van der Waals surface area contributed by atoms with Crippen molar-refractivity contribution in [1.82, 2.24) is 0 Å². The molecule has 2 aromatic carbocycles. The molecular formula is C15H13Cl2NO2. The molecule has 0 heterocycles. The zero-order valence-electron chi connectivity index (χ0n) is 10.7. The van der Waals surface area contributed by atoms with Gasteiger partial charge in [0.25, 0.3) is 0 Å². The van der Waals surface area contributed by atoms with Gasteiger partial charge in [-0.25, -0.2) is 4.79 Å². The number of benzene rings is 2. The molecule has 1 atom stereocenters. The van der Waals surface area contributed by atoms with E-state index in [1.165, 1.54) is 0 Å². The molecule has 0 saturated heterocycles. The molecule has 1 unspecified atom stereocenters. The fourth-order valence-electron chi connectivity index (χ4n) is 1.87. The minimum absolute atomic E-state index is 0.391. The molecule has 0 spiro atoms. The Morgan fingerprint density at radius 2 is 1.80 bits per heavy atom. The van der Waals surface area contributed by atoms with Crippen molar-refractivity contribution in [2.75, 3.05) is 5.32 Å². The van der Waals surface area contributed by atoms with E-state index >= 15 is 0 Å². The quantitative estimate of drug-likeness (QED) is 0.871. The summed E-state index contributed by atoms with van der Waals surface area (Å²) in [5, 5.41) is 13.1. The summed E-state index contributed by atoms with van der Waals surface area (Å²) in [5.74, 6) is -0.996. The van der Waals surface area contributed by atoms with Crippen LogP contribution in [0.3, 0.4) is 0 Å². The van der Waals surface area contributed by atoms with Gasteiger partial charge in [-0.2, -0.15) is 0 Å². The summed E-state index contributed by atoms with van der Waals surface area (Å²) in [4.78, 5) is 11.5. The minimum atomic E-state index is -0.996. The Morgan fingerprint density at radius 1 is 1.15 bits per heavy atom. The van der Waals surface area contributed by atoms with Crippen molar-refractivity contribution in [3.8, 4) is 0 Å². The average Bonchev–Trinajstić information content (AvgIpc) is 2.44. The molecule has 3 nitrogen and oxygen atoms in total. The second-order valence-electron chi connectivity index (χ2n) is 4.38. The first-order valence-corrected chi connectivity index (χ1v) is 6.75. The molecule has 0 radical (unpaired) electrons. The molecule has 0 aliphatic carbocycles. The molecule has 5 heteroatoms. The van der Waals surface area contributed by atoms with Crippen LogP contribution in [0.25, 0.3) is 0 Å².